The second-order valence-corrected chi connectivity index (χ2v) is 16.9. The van der Waals surface area contributed by atoms with Crippen molar-refractivity contribution in [1.82, 2.24) is 9.80 Å². The van der Waals surface area contributed by atoms with Gasteiger partial charge in [0.15, 0.2) is 5.78 Å². The highest BCUT2D eigenvalue weighted by Gasteiger charge is 2.46. The number of benzene rings is 5. The number of halogens is 2. The first-order valence-corrected chi connectivity index (χ1v) is 21.2. The van der Waals surface area contributed by atoms with Crippen molar-refractivity contribution in [3.05, 3.63) is 177 Å². The molecule has 2 aliphatic heterocycles. The van der Waals surface area contributed by atoms with Gasteiger partial charge in [-0.15, -0.1) is 0 Å². The number of carbonyl (C=O) groups excluding carboxylic acids is 3. The van der Waals surface area contributed by atoms with Crippen LogP contribution in [0.5, 0.6) is 0 Å². The Balaban J connectivity index is 1.17. The third-order valence-electron chi connectivity index (χ3n) is 12.2. The number of hydrogen-bond acceptors (Lipinski definition) is 4. The van der Waals surface area contributed by atoms with E-state index in [-0.39, 0.29) is 55.2 Å². The first kappa shape index (κ1) is 40.6. The predicted molar refractivity (Wildman–Crippen MR) is 231 cm³/mol. The molecule has 5 aromatic carbocycles. The fourth-order valence-electron chi connectivity index (χ4n) is 9.35. The second kappa shape index (κ2) is 18.8. The molecule has 2 aliphatic rings. The third kappa shape index (κ3) is 9.44. The fourth-order valence-corrected chi connectivity index (χ4v) is 9.67. The van der Waals surface area contributed by atoms with Crippen LogP contribution in [-0.4, -0.2) is 58.5 Å². The Morgan fingerprint density at radius 1 is 0.719 bits per heavy atom. The standard InChI is InChI=1S/C50H52Cl2N2O3/c1-36-32-47-49(57)53(31-30-42(54(47)35-36)25-22-37-14-6-2-7-15-37)46(48(56)29-24-38-23-27-44(51)45(52)33-38)28-26-43(55)34-50(39-16-8-3-9-17-39,40-18-10-4-11-19-40)41-20-12-5-13-21-41/h2-21,23,27,33,36,42,46-47H,22,24-26,28-32,34-35H2,1H3/t36-,42?,46-,47+/m1/s1. The molecule has 5 aromatic rings. The van der Waals surface area contributed by atoms with Crippen molar-refractivity contribution in [1.29, 1.82) is 0 Å². The minimum atomic E-state index is -0.737. The Hall–Kier alpha value is -4.55. The van der Waals surface area contributed by atoms with Gasteiger partial charge in [-0.2, -0.15) is 0 Å². The molecule has 294 valence electrons. The van der Waals surface area contributed by atoms with Gasteiger partial charge < -0.3 is 4.90 Å². The van der Waals surface area contributed by atoms with Crippen molar-refractivity contribution in [2.45, 2.75) is 88.3 Å². The molecule has 7 rings (SSSR count). The Bertz CT molecular complexity index is 2010. The molecule has 0 spiro atoms. The van der Waals surface area contributed by atoms with E-state index in [0.29, 0.717) is 28.9 Å². The third-order valence-corrected chi connectivity index (χ3v) is 13.0. The molecule has 0 radical (unpaired) electrons. The zero-order valence-corrected chi connectivity index (χ0v) is 34.3. The van der Waals surface area contributed by atoms with Crippen LogP contribution in [0.2, 0.25) is 10.0 Å². The van der Waals surface area contributed by atoms with E-state index in [1.165, 1.54) is 5.56 Å². The molecule has 4 atom stereocenters. The summed E-state index contributed by atoms with van der Waals surface area (Å²) in [5, 5.41) is 0.912. The van der Waals surface area contributed by atoms with Crippen LogP contribution in [0.1, 0.15) is 79.7 Å². The molecular weight excluding hydrogens is 747 g/mol. The normalized spacial score (nSPS) is 19.2. The van der Waals surface area contributed by atoms with Gasteiger partial charge in [-0.3, -0.25) is 19.3 Å². The van der Waals surface area contributed by atoms with Crippen molar-refractivity contribution in [2.75, 3.05) is 13.1 Å². The van der Waals surface area contributed by atoms with Gasteiger partial charge in [0.05, 0.1) is 27.5 Å². The van der Waals surface area contributed by atoms with Crippen molar-refractivity contribution in [3.8, 4) is 0 Å². The number of ketones is 2. The van der Waals surface area contributed by atoms with Gasteiger partial charge in [-0.05, 0) is 84.4 Å². The highest BCUT2D eigenvalue weighted by Crippen LogP contribution is 2.43. The number of aryl methyl sites for hydroxylation is 2. The molecule has 2 saturated heterocycles. The molecule has 5 nitrogen and oxygen atoms in total. The van der Waals surface area contributed by atoms with Gasteiger partial charge in [0, 0.05) is 38.4 Å². The minimum Gasteiger partial charge on any atom is -0.331 e. The first-order valence-electron chi connectivity index (χ1n) is 20.5. The summed E-state index contributed by atoms with van der Waals surface area (Å²) in [4.78, 5) is 48.2. The zero-order chi connectivity index (χ0) is 39.8. The van der Waals surface area contributed by atoms with E-state index in [4.69, 9.17) is 23.2 Å². The Kier molecular flexibility index (Phi) is 13.4. The van der Waals surface area contributed by atoms with Gasteiger partial charge in [0.1, 0.15) is 5.78 Å². The lowest BCUT2D eigenvalue weighted by Crippen LogP contribution is -2.50. The lowest BCUT2D eigenvalue weighted by Gasteiger charge is -2.36. The monoisotopic (exact) mass is 798 g/mol. The average molecular weight is 800 g/mol. The van der Waals surface area contributed by atoms with Crippen molar-refractivity contribution in [2.24, 2.45) is 5.92 Å². The summed E-state index contributed by atoms with van der Waals surface area (Å²) < 4.78 is 0. The summed E-state index contributed by atoms with van der Waals surface area (Å²) in [5.74, 6) is 0.427. The topological polar surface area (TPSA) is 57.7 Å². The molecule has 7 heteroatoms. The van der Waals surface area contributed by atoms with Gasteiger partial charge in [-0.1, -0.05) is 158 Å². The van der Waals surface area contributed by atoms with Crippen LogP contribution < -0.4 is 0 Å². The summed E-state index contributed by atoms with van der Waals surface area (Å²) in [6.45, 7) is 3.58. The van der Waals surface area contributed by atoms with Crippen LogP contribution in [0.3, 0.4) is 0 Å². The summed E-state index contributed by atoms with van der Waals surface area (Å²) in [7, 11) is 0. The van der Waals surface area contributed by atoms with Crippen LogP contribution in [0.4, 0.5) is 0 Å². The Labute approximate surface area is 348 Å². The van der Waals surface area contributed by atoms with E-state index in [0.717, 1.165) is 54.5 Å². The van der Waals surface area contributed by atoms with E-state index >= 15 is 0 Å². The van der Waals surface area contributed by atoms with Gasteiger partial charge >= 0.3 is 0 Å². The first-order chi connectivity index (χ1) is 27.7. The van der Waals surface area contributed by atoms with E-state index in [1.807, 2.05) is 71.6 Å². The van der Waals surface area contributed by atoms with Crippen molar-refractivity contribution in [3.63, 3.8) is 0 Å². The van der Waals surface area contributed by atoms with E-state index in [1.54, 1.807) is 12.1 Å². The number of amides is 1. The van der Waals surface area contributed by atoms with Gasteiger partial charge in [0.2, 0.25) is 5.91 Å². The molecule has 0 N–H and O–H groups in total. The smallest absolute Gasteiger partial charge is 0.240 e. The molecule has 2 heterocycles. The fraction of sp³-hybridized carbons (Fsp3) is 0.340. The van der Waals surface area contributed by atoms with Gasteiger partial charge in [0.25, 0.3) is 0 Å². The summed E-state index contributed by atoms with van der Waals surface area (Å²) in [6.07, 6.45) is 4.79. The average Bonchev–Trinajstić information content (AvgIpc) is 3.59. The van der Waals surface area contributed by atoms with E-state index in [2.05, 4.69) is 72.5 Å². The number of rotatable bonds is 16. The number of fused-ring (bicyclic) bond motifs is 1. The minimum absolute atomic E-state index is 0.0223. The Morgan fingerprint density at radius 2 is 1.30 bits per heavy atom. The molecule has 57 heavy (non-hydrogen) atoms. The lowest BCUT2D eigenvalue weighted by atomic mass is 9.66. The molecule has 2 fully saturated rings. The lowest BCUT2D eigenvalue weighted by molar-refractivity contribution is -0.142. The maximum absolute atomic E-state index is 14.7. The molecule has 0 aromatic heterocycles. The van der Waals surface area contributed by atoms with Crippen molar-refractivity contribution < 1.29 is 14.4 Å². The van der Waals surface area contributed by atoms with E-state index < -0.39 is 11.5 Å². The van der Waals surface area contributed by atoms with Crippen LogP contribution in [0, 0.1) is 5.92 Å². The van der Waals surface area contributed by atoms with Crippen molar-refractivity contribution >= 4 is 40.7 Å². The van der Waals surface area contributed by atoms with Gasteiger partial charge in [-0.25, -0.2) is 0 Å². The number of carbonyl (C=O) groups is 3. The summed E-state index contributed by atoms with van der Waals surface area (Å²) in [6, 6.07) is 45.9. The molecule has 0 aliphatic carbocycles. The quantitative estimate of drug-likeness (QED) is 0.0933. The summed E-state index contributed by atoms with van der Waals surface area (Å²) in [5.41, 5.74) is 4.56. The Morgan fingerprint density at radius 3 is 1.88 bits per heavy atom. The summed E-state index contributed by atoms with van der Waals surface area (Å²) >= 11 is 12.6. The molecular formula is C50H52Cl2N2O3. The molecule has 1 unspecified atom stereocenters. The molecule has 0 saturated carbocycles. The SMILES string of the molecule is C[C@@H]1C[C@H]2C(=O)N([C@H](CCC(=O)CC(c3ccccc3)(c3ccccc3)c3ccccc3)C(=O)CCc3ccc(Cl)c(Cl)c3)CCC(CCc3ccccc3)N2C1. The number of hydrogen-bond donors (Lipinski definition) is 0. The largest absolute Gasteiger partial charge is 0.331 e. The molecule has 1 amide bonds. The number of Topliss-reactive ketones (excluding diaryl/α,β-unsaturated/α-hetero) is 2. The van der Waals surface area contributed by atoms with E-state index in [9.17, 15) is 14.4 Å². The predicted octanol–water partition coefficient (Wildman–Crippen LogP) is 10.6. The maximum atomic E-state index is 14.7. The highest BCUT2D eigenvalue weighted by molar-refractivity contribution is 6.42. The zero-order valence-electron chi connectivity index (χ0n) is 32.7. The highest BCUT2D eigenvalue weighted by atomic mass is 35.5. The maximum Gasteiger partial charge on any atom is 0.240 e. The van der Waals surface area contributed by atoms with Crippen LogP contribution in [-0.2, 0) is 32.6 Å². The van der Waals surface area contributed by atoms with Crippen LogP contribution >= 0.6 is 23.2 Å². The van der Waals surface area contributed by atoms with Crippen LogP contribution in [0.15, 0.2) is 140 Å². The molecule has 0 bridgehead atoms. The van der Waals surface area contributed by atoms with Crippen LogP contribution in [0.25, 0.3) is 0 Å². The number of nitrogens with zero attached hydrogens (tertiary/aromatic N) is 2. The second-order valence-electron chi connectivity index (χ2n) is 16.0.